The lowest BCUT2D eigenvalue weighted by Gasteiger charge is -2.24. The molecule has 10 nitrogen and oxygen atoms in total. The van der Waals surface area contributed by atoms with Crippen LogP contribution in [0, 0.1) is 5.92 Å². The Labute approximate surface area is 137 Å². The average molecular weight is 342 g/mol. The number of esters is 2. The summed E-state index contributed by atoms with van der Waals surface area (Å²) in [5, 5.41) is 13.2. The lowest BCUT2D eigenvalue weighted by molar-refractivity contribution is -0.190. The Hall–Kier alpha value is -2.49. The molecule has 0 amide bonds. The van der Waals surface area contributed by atoms with Gasteiger partial charge in [0, 0.05) is 26.2 Å². The number of carboxylic acid groups (broad SMARTS) is 1. The van der Waals surface area contributed by atoms with Crippen LogP contribution in [0.2, 0.25) is 0 Å². The molecule has 1 aromatic rings. The summed E-state index contributed by atoms with van der Waals surface area (Å²) in [6, 6.07) is 0. The van der Waals surface area contributed by atoms with Crippen molar-refractivity contribution in [1.29, 1.82) is 0 Å². The quantitative estimate of drug-likeness (QED) is 0.716. The van der Waals surface area contributed by atoms with Crippen LogP contribution < -0.4 is 0 Å². The number of hydrogen-bond acceptors (Lipinski definition) is 9. The van der Waals surface area contributed by atoms with Crippen molar-refractivity contribution in [2.24, 2.45) is 5.92 Å². The molecular weight excluding hydrogens is 324 g/mol. The molecule has 1 aliphatic heterocycles. The number of aryl methyl sites for hydroxylation is 1. The minimum atomic E-state index is -1.24. The third-order valence-corrected chi connectivity index (χ3v) is 3.49. The summed E-state index contributed by atoms with van der Waals surface area (Å²) in [6.07, 6.45) is -1.82. The van der Waals surface area contributed by atoms with Gasteiger partial charge in [0.2, 0.25) is 12.2 Å². The van der Waals surface area contributed by atoms with Gasteiger partial charge in [-0.3, -0.25) is 14.4 Å². The number of ether oxygens (including phenoxy) is 3. The average Bonchev–Trinajstić information content (AvgIpc) is 3.08. The SMILES string of the molecule is CCc1nc([C@H](C(=O)O)[C@@H]2CO[C@@H](OC(C)=O)[C@@H]2OC(C)=O)no1. The zero-order valence-electron chi connectivity index (χ0n) is 13.4. The van der Waals surface area contributed by atoms with E-state index in [2.05, 4.69) is 10.1 Å². The van der Waals surface area contributed by atoms with Gasteiger partial charge in [-0.15, -0.1) is 0 Å². The first kappa shape index (κ1) is 17.9. The molecule has 1 N–H and O–H groups in total. The lowest BCUT2D eigenvalue weighted by atomic mass is 9.88. The highest BCUT2D eigenvalue weighted by molar-refractivity contribution is 5.75. The molecular formula is C14H18N2O8. The predicted molar refractivity (Wildman–Crippen MR) is 74.6 cm³/mol. The Balaban J connectivity index is 2.31. The molecule has 2 heterocycles. The molecule has 0 aromatic carbocycles. The minimum Gasteiger partial charge on any atom is -0.481 e. The fraction of sp³-hybridized carbons (Fsp3) is 0.643. The van der Waals surface area contributed by atoms with Crippen LogP contribution in [0.4, 0.5) is 0 Å². The second-order valence-corrected chi connectivity index (χ2v) is 5.26. The van der Waals surface area contributed by atoms with E-state index in [4.69, 9.17) is 18.7 Å². The van der Waals surface area contributed by atoms with E-state index in [1.807, 2.05) is 0 Å². The van der Waals surface area contributed by atoms with Crippen molar-refractivity contribution >= 4 is 17.9 Å². The number of aromatic nitrogens is 2. The summed E-state index contributed by atoms with van der Waals surface area (Å²) in [5.41, 5.74) is 0. The molecule has 1 aromatic heterocycles. The lowest BCUT2D eigenvalue weighted by Crippen LogP contribution is -2.39. The Morgan fingerprint density at radius 1 is 1.29 bits per heavy atom. The maximum atomic E-state index is 11.7. The van der Waals surface area contributed by atoms with Crippen molar-refractivity contribution in [3.05, 3.63) is 11.7 Å². The van der Waals surface area contributed by atoms with Crippen molar-refractivity contribution in [2.75, 3.05) is 6.61 Å². The number of carbonyl (C=O) groups is 3. The van der Waals surface area contributed by atoms with Gasteiger partial charge >= 0.3 is 17.9 Å². The highest BCUT2D eigenvalue weighted by Crippen LogP contribution is 2.35. The van der Waals surface area contributed by atoms with E-state index < -0.39 is 42.1 Å². The van der Waals surface area contributed by atoms with E-state index in [9.17, 15) is 19.5 Å². The maximum Gasteiger partial charge on any atom is 0.314 e. The van der Waals surface area contributed by atoms with Gasteiger partial charge < -0.3 is 23.8 Å². The summed E-state index contributed by atoms with van der Waals surface area (Å²) < 4.78 is 20.3. The second kappa shape index (κ2) is 7.39. The number of carbonyl (C=O) groups excluding carboxylic acids is 2. The molecule has 0 radical (unpaired) electrons. The molecule has 0 aliphatic carbocycles. The number of nitrogens with zero attached hydrogens (tertiary/aromatic N) is 2. The number of hydrogen-bond donors (Lipinski definition) is 1. The Bertz CT molecular complexity index is 628. The van der Waals surface area contributed by atoms with Crippen LogP contribution in [0.5, 0.6) is 0 Å². The smallest absolute Gasteiger partial charge is 0.314 e. The molecule has 0 spiro atoms. The topological polar surface area (TPSA) is 138 Å². The summed E-state index contributed by atoms with van der Waals surface area (Å²) >= 11 is 0. The second-order valence-electron chi connectivity index (χ2n) is 5.26. The van der Waals surface area contributed by atoms with E-state index >= 15 is 0 Å². The molecule has 2 rings (SSSR count). The van der Waals surface area contributed by atoms with E-state index in [0.717, 1.165) is 0 Å². The standard InChI is InChI=1S/C14H18N2O8/c1-4-9-15-12(16-24-9)10(13(19)20)8-5-21-14(23-7(3)18)11(8)22-6(2)17/h8,10-11,14H,4-5H2,1-3H3,(H,19,20)/t8-,10+,11+,14-/m0/s1. The molecule has 0 unspecified atom stereocenters. The predicted octanol–water partition coefficient (Wildman–Crippen LogP) is 0.267. The van der Waals surface area contributed by atoms with Gasteiger partial charge in [-0.2, -0.15) is 4.98 Å². The van der Waals surface area contributed by atoms with E-state index in [0.29, 0.717) is 6.42 Å². The summed E-state index contributed by atoms with van der Waals surface area (Å²) in [7, 11) is 0. The molecule has 132 valence electrons. The molecule has 1 fully saturated rings. The van der Waals surface area contributed by atoms with Gasteiger partial charge in [0.25, 0.3) is 0 Å². The molecule has 1 aliphatic rings. The summed E-state index contributed by atoms with van der Waals surface area (Å²) in [4.78, 5) is 38.2. The molecule has 10 heteroatoms. The summed E-state index contributed by atoms with van der Waals surface area (Å²) in [5.74, 6) is -4.36. The normalized spacial score (nSPS) is 24.4. The van der Waals surface area contributed by atoms with Crippen molar-refractivity contribution in [3.63, 3.8) is 0 Å². The summed E-state index contributed by atoms with van der Waals surface area (Å²) in [6.45, 7) is 4.01. The van der Waals surface area contributed by atoms with Gasteiger partial charge in [-0.05, 0) is 0 Å². The van der Waals surface area contributed by atoms with Crippen molar-refractivity contribution < 1.29 is 38.2 Å². The first-order valence-corrected chi connectivity index (χ1v) is 7.34. The number of rotatable bonds is 6. The van der Waals surface area contributed by atoms with E-state index in [1.165, 1.54) is 13.8 Å². The number of aliphatic carboxylic acids is 1. The van der Waals surface area contributed by atoms with Crippen LogP contribution in [0.25, 0.3) is 0 Å². The largest absolute Gasteiger partial charge is 0.481 e. The Kier molecular flexibility index (Phi) is 5.50. The van der Waals surface area contributed by atoms with Crippen LogP contribution in [-0.4, -0.2) is 52.2 Å². The first-order valence-electron chi connectivity index (χ1n) is 7.34. The molecule has 4 atom stereocenters. The van der Waals surface area contributed by atoms with Gasteiger partial charge in [0.15, 0.2) is 11.9 Å². The third kappa shape index (κ3) is 3.88. The van der Waals surface area contributed by atoms with Crippen LogP contribution in [0.1, 0.15) is 38.4 Å². The highest BCUT2D eigenvalue weighted by Gasteiger charge is 2.50. The van der Waals surface area contributed by atoms with Crippen LogP contribution >= 0.6 is 0 Å². The monoisotopic (exact) mass is 342 g/mol. The van der Waals surface area contributed by atoms with Crippen molar-refractivity contribution in [3.8, 4) is 0 Å². The van der Waals surface area contributed by atoms with Gasteiger partial charge in [0.1, 0.15) is 5.92 Å². The fourth-order valence-corrected chi connectivity index (χ4v) is 2.51. The zero-order valence-corrected chi connectivity index (χ0v) is 13.4. The number of carboxylic acids is 1. The van der Waals surface area contributed by atoms with Gasteiger partial charge in [0.05, 0.1) is 6.61 Å². The molecule has 0 bridgehead atoms. The van der Waals surface area contributed by atoms with E-state index in [1.54, 1.807) is 6.92 Å². The zero-order chi connectivity index (χ0) is 17.9. The first-order chi connectivity index (χ1) is 11.3. The van der Waals surface area contributed by atoms with Crippen LogP contribution in [0.15, 0.2) is 4.52 Å². The maximum absolute atomic E-state index is 11.7. The van der Waals surface area contributed by atoms with Crippen molar-refractivity contribution in [2.45, 2.75) is 45.5 Å². The molecule has 1 saturated heterocycles. The van der Waals surface area contributed by atoms with E-state index in [-0.39, 0.29) is 18.3 Å². The molecule has 24 heavy (non-hydrogen) atoms. The van der Waals surface area contributed by atoms with Crippen molar-refractivity contribution in [1.82, 2.24) is 10.1 Å². The van der Waals surface area contributed by atoms with Crippen LogP contribution in [-0.2, 0) is 35.0 Å². The fourth-order valence-electron chi connectivity index (χ4n) is 2.51. The third-order valence-electron chi connectivity index (χ3n) is 3.49. The Morgan fingerprint density at radius 3 is 2.46 bits per heavy atom. The molecule has 0 saturated carbocycles. The minimum absolute atomic E-state index is 0.0476. The van der Waals surface area contributed by atoms with Crippen LogP contribution in [0.3, 0.4) is 0 Å². The van der Waals surface area contributed by atoms with Gasteiger partial charge in [-0.25, -0.2) is 0 Å². The Morgan fingerprint density at radius 2 is 1.96 bits per heavy atom. The highest BCUT2D eigenvalue weighted by atomic mass is 16.7. The van der Waals surface area contributed by atoms with Gasteiger partial charge in [-0.1, -0.05) is 12.1 Å².